The van der Waals surface area contributed by atoms with Gasteiger partial charge in [0.25, 0.3) is 0 Å². The van der Waals surface area contributed by atoms with Crippen molar-refractivity contribution in [1.82, 2.24) is 10.6 Å². The van der Waals surface area contributed by atoms with Crippen molar-refractivity contribution in [2.75, 3.05) is 19.6 Å². The van der Waals surface area contributed by atoms with Gasteiger partial charge in [0.1, 0.15) is 0 Å². The van der Waals surface area contributed by atoms with Crippen molar-refractivity contribution in [3.63, 3.8) is 0 Å². The molecular formula is C15H24N2. The molecule has 1 aliphatic rings. The van der Waals surface area contributed by atoms with Gasteiger partial charge in [0.15, 0.2) is 0 Å². The highest BCUT2D eigenvalue weighted by Gasteiger charge is 2.20. The summed E-state index contributed by atoms with van der Waals surface area (Å²) in [4.78, 5) is 0. The molecule has 0 aliphatic carbocycles. The van der Waals surface area contributed by atoms with E-state index in [-0.39, 0.29) is 0 Å². The topological polar surface area (TPSA) is 24.1 Å². The van der Waals surface area contributed by atoms with Crippen LogP contribution in [0.15, 0.2) is 30.3 Å². The molecule has 0 radical (unpaired) electrons. The van der Waals surface area contributed by atoms with Crippen LogP contribution in [0.4, 0.5) is 0 Å². The Balaban J connectivity index is 1.81. The Hall–Kier alpha value is -0.860. The third kappa shape index (κ3) is 3.55. The molecule has 1 aromatic rings. The van der Waals surface area contributed by atoms with Gasteiger partial charge in [-0.2, -0.15) is 0 Å². The molecular weight excluding hydrogens is 208 g/mol. The van der Waals surface area contributed by atoms with Crippen molar-refractivity contribution in [3.8, 4) is 0 Å². The largest absolute Gasteiger partial charge is 0.316 e. The van der Waals surface area contributed by atoms with E-state index >= 15 is 0 Å². The molecule has 17 heavy (non-hydrogen) atoms. The fraction of sp³-hybridized carbons (Fsp3) is 0.600. The van der Waals surface area contributed by atoms with E-state index in [2.05, 4.69) is 54.8 Å². The lowest BCUT2D eigenvalue weighted by Gasteiger charge is -2.31. The van der Waals surface area contributed by atoms with Crippen molar-refractivity contribution >= 4 is 0 Å². The highest BCUT2D eigenvalue weighted by Crippen LogP contribution is 2.15. The van der Waals surface area contributed by atoms with Crippen molar-refractivity contribution in [1.29, 1.82) is 0 Å². The molecule has 0 spiro atoms. The average molecular weight is 232 g/mol. The van der Waals surface area contributed by atoms with E-state index in [0.717, 1.165) is 25.6 Å². The Bertz CT molecular complexity index is 323. The van der Waals surface area contributed by atoms with E-state index < -0.39 is 0 Å². The molecule has 0 saturated carbocycles. The van der Waals surface area contributed by atoms with Gasteiger partial charge in [-0.25, -0.2) is 0 Å². The average Bonchev–Trinajstić information content (AvgIpc) is 2.38. The molecule has 2 heteroatoms. The summed E-state index contributed by atoms with van der Waals surface area (Å²) in [5.41, 5.74) is 1.43. The van der Waals surface area contributed by atoms with Gasteiger partial charge in [-0.05, 0) is 36.9 Å². The highest BCUT2D eigenvalue weighted by molar-refractivity contribution is 5.19. The van der Waals surface area contributed by atoms with E-state index in [1.54, 1.807) is 0 Å². The summed E-state index contributed by atoms with van der Waals surface area (Å²) in [6, 6.07) is 11.5. The van der Waals surface area contributed by atoms with Crippen molar-refractivity contribution < 1.29 is 0 Å². The molecule has 1 aliphatic heterocycles. The molecule has 3 unspecified atom stereocenters. The minimum atomic E-state index is 0.596. The van der Waals surface area contributed by atoms with E-state index in [9.17, 15) is 0 Å². The van der Waals surface area contributed by atoms with Crippen LogP contribution in [0.5, 0.6) is 0 Å². The van der Waals surface area contributed by atoms with Crippen LogP contribution in [-0.4, -0.2) is 25.7 Å². The SMILES string of the molecule is CC(CNC1CCNCC1C)c1ccccc1. The second kappa shape index (κ2) is 6.18. The summed E-state index contributed by atoms with van der Waals surface area (Å²) in [7, 11) is 0. The Kier molecular flexibility index (Phi) is 4.57. The number of hydrogen-bond donors (Lipinski definition) is 2. The summed E-state index contributed by atoms with van der Waals surface area (Å²) in [5, 5.41) is 7.17. The first-order chi connectivity index (χ1) is 8.27. The lowest BCUT2D eigenvalue weighted by Crippen LogP contribution is -2.47. The molecule has 1 saturated heterocycles. The first-order valence-electron chi connectivity index (χ1n) is 6.76. The zero-order chi connectivity index (χ0) is 12.1. The number of hydrogen-bond acceptors (Lipinski definition) is 2. The fourth-order valence-corrected chi connectivity index (χ4v) is 2.54. The van der Waals surface area contributed by atoms with Crippen LogP contribution >= 0.6 is 0 Å². The molecule has 0 aromatic heterocycles. The minimum Gasteiger partial charge on any atom is -0.316 e. The van der Waals surface area contributed by atoms with Crippen LogP contribution < -0.4 is 10.6 Å². The van der Waals surface area contributed by atoms with Gasteiger partial charge in [0, 0.05) is 12.6 Å². The summed E-state index contributed by atoms with van der Waals surface area (Å²) >= 11 is 0. The standard InChI is InChI=1S/C15H24N2/c1-12(14-6-4-3-5-7-14)11-17-15-8-9-16-10-13(15)2/h3-7,12-13,15-17H,8-11H2,1-2H3. The van der Waals surface area contributed by atoms with Gasteiger partial charge in [-0.3, -0.25) is 0 Å². The summed E-state index contributed by atoms with van der Waals surface area (Å²) < 4.78 is 0. The first-order valence-corrected chi connectivity index (χ1v) is 6.76. The second-order valence-corrected chi connectivity index (χ2v) is 5.30. The summed E-state index contributed by atoms with van der Waals surface area (Å²) in [5.74, 6) is 1.34. The second-order valence-electron chi connectivity index (χ2n) is 5.30. The van der Waals surface area contributed by atoms with Gasteiger partial charge in [-0.1, -0.05) is 44.2 Å². The Morgan fingerprint density at radius 1 is 1.35 bits per heavy atom. The van der Waals surface area contributed by atoms with Gasteiger partial charge in [0.2, 0.25) is 0 Å². The van der Waals surface area contributed by atoms with Gasteiger partial charge >= 0.3 is 0 Å². The molecule has 3 atom stereocenters. The first kappa shape index (κ1) is 12.6. The maximum Gasteiger partial charge on any atom is 0.0117 e. The van der Waals surface area contributed by atoms with E-state index in [1.807, 2.05) is 0 Å². The molecule has 0 amide bonds. The predicted molar refractivity (Wildman–Crippen MR) is 73.3 cm³/mol. The normalized spacial score (nSPS) is 26.7. The molecule has 1 heterocycles. The number of nitrogens with one attached hydrogen (secondary N) is 2. The minimum absolute atomic E-state index is 0.596. The van der Waals surface area contributed by atoms with Gasteiger partial charge in [-0.15, -0.1) is 0 Å². The van der Waals surface area contributed by atoms with Crippen LogP contribution in [0, 0.1) is 5.92 Å². The quantitative estimate of drug-likeness (QED) is 0.833. The van der Waals surface area contributed by atoms with Crippen LogP contribution in [0.1, 0.15) is 31.7 Å². The lowest BCUT2D eigenvalue weighted by atomic mass is 9.94. The Morgan fingerprint density at radius 3 is 2.82 bits per heavy atom. The van der Waals surface area contributed by atoms with Crippen LogP contribution in [0.25, 0.3) is 0 Å². The number of piperidine rings is 1. The molecule has 0 bridgehead atoms. The molecule has 1 aromatic carbocycles. The summed E-state index contributed by atoms with van der Waals surface area (Å²) in [6.45, 7) is 8.02. The van der Waals surface area contributed by atoms with Crippen LogP contribution in [0.2, 0.25) is 0 Å². The van der Waals surface area contributed by atoms with Crippen molar-refractivity contribution in [2.45, 2.75) is 32.2 Å². The third-order valence-electron chi connectivity index (χ3n) is 3.84. The maximum absolute atomic E-state index is 3.73. The fourth-order valence-electron chi connectivity index (χ4n) is 2.54. The number of rotatable bonds is 4. The molecule has 1 fully saturated rings. The van der Waals surface area contributed by atoms with Crippen LogP contribution in [-0.2, 0) is 0 Å². The Morgan fingerprint density at radius 2 is 2.12 bits per heavy atom. The van der Waals surface area contributed by atoms with E-state index in [1.165, 1.54) is 12.0 Å². The molecule has 2 nitrogen and oxygen atoms in total. The van der Waals surface area contributed by atoms with Gasteiger partial charge < -0.3 is 10.6 Å². The smallest absolute Gasteiger partial charge is 0.0117 e. The zero-order valence-corrected chi connectivity index (χ0v) is 10.9. The summed E-state index contributed by atoms with van der Waals surface area (Å²) in [6.07, 6.45) is 1.25. The maximum atomic E-state index is 3.73. The zero-order valence-electron chi connectivity index (χ0n) is 10.9. The monoisotopic (exact) mass is 232 g/mol. The highest BCUT2D eigenvalue weighted by atomic mass is 15.0. The van der Waals surface area contributed by atoms with Crippen molar-refractivity contribution in [2.24, 2.45) is 5.92 Å². The lowest BCUT2D eigenvalue weighted by molar-refractivity contribution is 0.293. The van der Waals surface area contributed by atoms with E-state index in [4.69, 9.17) is 0 Å². The molecule has 2 rings (SSSR count). The van der Waals surface area contributed by atoms with Crippen LogP contribution in [0.3, 0.4) is 0 Å². The third-order valence-corrected chi connectivity index (χ3v) is 3.84. The molecule has 94 valence electrons. The van der Waals surface area contributed by atoms with Gasteiger partial charge in [0.05, 0.1) is 0 Å². The van der Waals surface area contributed by atoms with E-state index in [0.29, 0.717) is 12.0 Å². The predicted octanol–water partition coefficient (Wildman–Crippen LogP) is 2.38. The van der Waals surface area contributed by atoms with Crippen molar-refractivity contribution in [3.05, 3.63) is 35.9 Å². The Labute approximate surface area is 105 Å². The molecule has 2 N–H and O–H groups in total. The number of benzene rings is 1.